The third-order valence-electron chi connectivity index (χ3n) is 6.95. The van der Waals surface area contributed by atoms with Crippen molar-refractivity contribution < 1.29 is 14.2 Å². The fourth-order valence-electron chi connectivity index (χ4n) is 4.55. The van der Waals surface area contributed by atoms with E-state index in [2.05, 4.69) is 107 Å². The molecule has 1 unspecified atom stereocenters. The van der Waals surface area contributed by atoms with Crippen LogP contribution in [0.4, 0.5) is 5.69 Å². The molecule has 0 aromatic heterocycles. The van der Waals surface area contributed by atoms with Gasteiger partial charge in [-0.1, -0.05) is 95.2 Å². The van der Waals surface area contributed by atoms with Crippen molar-refractivity contribution in [1.29, 1.82) is 0 Å². The van der Waals surface area contributed by atoms with E-state index < -0.39 is 6.10 Å². The van der Waals surface area contributed by atoms with Gasteiger partial charge in [0.05, 0.1) is 5.69 Å². The topological polar surface area (TPSA) is 30.9 Å². The van der Waals surface area contributed by atoms with Crippen LogP contribution in [-0.2, 0) is 21.7 Å². The average molecular weight is 466 g/mol. The summed E-state index contributed by atoms with van der Waals surface area (Å²) >= 11 is 0. The highest BCUT2D eigenvalue weighted by atomic mass is 16.9. The van der Waals surface area contributed by atoms with Crippen molar-refractivity contribution in [1.82, 2.24) is 0 Å². The van der Waals surface area contributed by atoms with E-state index in [1.807, 2.05) is 11.9 Å². The van der Waals surface area contributed by atoms with Crippen LogP contribution in [0.3, 0.4) is 0 Å². The summed E-state index contributed by atoms with van der Waals surface area (Å²) in [5, 5.41) is 0. The van der Waals surface area contributed by atoms with Gasteiger partial charge < -0.3 is 14.2 Å². The molecular weight excluding hydrogens is 422 g/mol. The summed E-state index contributed by atoms with van der Waals surface area (Å²) in [7, 11) is 2.00. The summed E-state index contributed by atoms with van der Waals surface area (Å²) in [5.74, 6) is 2.35. The van der Waals surface area contributed by atoms with Crippen LogP contribution in [0.1, 0.15) is 105 Å². The molecule has 0 N–H and O–H groups in total. The van der Waals surface area contributed by atoms with Crippen molar-refractivity contribution in [3.8, 4) is 17.2 Å². The summed E-state index contributed by atoms with van der Waals surface area (Å²) in [4.78, 5) is 2.01. The lowest BCUT2D eigenvalue weighted by atomic mass is 9.79. The monoisotopic (exact) mass is 465 g/mol. The number of hydrogen-bond acceptors (Lipinski definition) is 4. The van der Waals surface area contributed by atoms with Gasteiger partial charge in [0.2, 0.25) is 0 Å². The van der Waals surface area contributed by atoms with Crippen molar-refractivity contribution in [3.63, 3.8) is 0 Å². The third-order valence-corrected chi connectivity index (χ3v) is 6.95. The predicted molar refractivity (Wildman–Crippen MR) is 141 cm³/mol. The lowest BCUT2D eigenvalue weighted by Crippen LogP contribution is -2.55. The Morgan fingerprint density at radius 1 is 0.559 bits per heavy atom. The van der Waals surface area contributed by atoms with Gasteiger partial charge in [-0.05, 0) is 44.9 Å². The maximum absolute atomic E-state index is 6.65. The fourth-order valence-corrected chi connectivity index (χ4v) is 4.55. The molecule has 34 heavy (non-hydrogen) atoms. The maximum atomic E-state index is 6.65. The van der Waals surface area contributed by atoms with Crippen molar-refractivity contribution in [3.05, 3.63) is 46.5 Å². The Kier molecular flexibility index (Phi) is 5.16. The highest BCUT2D eigenvalue weighted by molar-refractivity contribution is 5.70. The van der Waals surface area contributed by atoms with E-state index in [1.54, 1.807) is 0 Å². The van der Waals surface area contributed by atoms with Crippen LogP contribution in [0, 0.1) is 0 Å². The Hall–Kier alpha value is -2.36. The average Bonchev–Trinajstić information content (AvgIpc) is 3.14. The number of hydrogen-bond donors (Lipinski definition) is 0. The van der Waals surface area contributed by atoms with Gasteiger partial charge in [0, 0.05) is 18.2 Å². The molecule has 0 saturated carbocycles. The molecule has 0 fully saturated rings. The largest absolute Gasteiger partial charge is 0.520 e. The van der Waals surface area contributed by atoms with E-state index in [0.29, 0.717) is 0 Å². The van der Waals surface area contributed by atoms with Crippen LogP contribution < -0.4 is 19.1 Å². The van der Waals surface area contributed by atoms with Crippen LogP contribution in [0.2, 0.25) is 0 Å². The van der Waals surface area contributed by atoms with E-state index in [-0.39, 0.29) is 21.7 Å². The van der Waals surface area contributed by atoms with Crippen molar-refractivity contribution in [2.45, 2.75) is 111 Å². The number of benzene rings is 2. The van der Waals surface area contributed by atoms with E-state index in [4.69, 9.17) is 14.2 Å². The van der Waals surface area contributed by atoms with Crippen LogP contribution in [0.15, 0.2) is 24.3 Å². The van der Waals surface area contributed by atoms with Gasteiger partial charge in [-0.2, -0.15) is 0 Å². The molecule has 2 aliphatic heterocycles. The van der Waals surface area contributed by atoms with Crippen molar-refractivity contribution in [2.24, 2.45) is 0 Å². The molecule has 4 rings (SSSR count). The van der Waals surface area contributed by atoms with Gasteiger partial charge >= 0.3 is 6.10 Å². The number of anilines is 1. The molecule has 0 aliphatic carbocycles. The molecule has 0 amide bonds. The molecular formula is C30H43NO3. The minimum Gasteiger partial charge on any atom is -0.400 e. The van der Waals surface area contributed by atoms with Gasteiger partial charge in [0.15, 0.2) is 17.2 Å². The van der Waals surface area contributed by atoms with Gasteiger partial charge in [-0.3, -0.25) is 4.90 Å². The summed E-state index contributed by atoms with van der Waals surface area (Å²) < 4.78 is 19.9. The zero-order valence-corrected chi connectivity index (χ0v) is 23.5. The van der Waals surface area contributed by atoms with Crippen LogP contribution in [-0.4, -0.2) is 13.1 Å². The number of fused-ring (bicyclic) bond motifs is 2. The molecule has 4 heteroatoms. The normalized spacial score (nSPS) is 20.1. The van der Waals surface area contributed by atoms with Gasteiger partial charge in [-0.25, -0.2) is 0 Å². The molecule has 186 valence electrons. The number of rotatable bonds is 0. The van der Waals surface area contributed by atoms with Crippen LogP contribution in [0.25, 0.3) is 0 Å². The van der Waals surface area contributed by atoms with Gasteiger partial charge in [-0.15, -0.1) is 0 Å². The molecule has 2 aromatic carbocycles. The van der Waals surface area contributed by atoms with Crippen molar-refractivity contribution >= 4 is 5.69 Å². The first kappa shape index (κ1) is 24.8. The Morgan fingerprint density at radius 2 is 1.00 bits per heavy atom. The molecule has 0 radical (unpaired) electrons. The summed E-state index contributed by atoms with van der Waals surface area (Å²) in [6.07, 6.45) is -1.35. The van der Waals surface area contributed by atoms with E-state index >= 15 is 0 Å². The first-order valence-corrected chi connectivity index (χ1v) is 12.4. The molecule has 4 nitrogen and oxygen atoms in total. The van der Waals surface area contributed by atoms with Crippen molar-refractivity contribution in [2.75, 3.05) is 11.9 Å². The summed E-state index contributed by atoms with van der Waals surface area (Å²) in [5.41, 5.74) is 5.57. The molecule has 1 spiro atoms. The van der Waals surface area contributed by atoms with Gasteiger partial charge in [0.1, 0.15) is 0 Å². The highest BCUT2D eigenvalue weighted by Gasteiger charge is 2.57. The molecule has 2 heterocycles. The molecule has 0 bridgehead atoms. The first-order valence-electron chi connectivity index (χ1n) is 12.4. The summed E-state index contributed by atoms with van der Waals surface area (Å²) in [6, 6.07) is 8.89. The second-order valence-corrected chi connectivity index (χ2v) is 14.1. The Labute approximate surface area is 206 Å². The lowest BCUT2D eigenvalue weighted by Gasteiger charge is -2.28. The van der Waals surface area contributed by atoms with E-state index in [0.717, 1.165) is 34.1 Å². The first-order chi connectivity index (χ1) is 15.2. The Bertz CT molecular complexity index is 1130. The van der Waals surface area contributed by atoms with Crippen LogP contribution in [0.5, 0.6) is 17.2 Å². The fraction of sp³-hybridized carbons (Fsp3) is 0.600. The second kappa shape index (κ2) is 7.08. The van der Waals surface area contributed by atoms with E-state index in [9.17, 15) is 0 Å². The number of nitrogens with zero attached hydrogens (tertiary/aromatic N) is 1. The lowest BCUT2D eigenvalue weighted by molar-refractivity contribution is -0.215. The molecule has 1 atom stereocenters. The molecule has 2 aromatic rings. The Morgan fingerprint density at radius 3 is 1.47 bits per heavy atom. The number of ether oxygens (including phenoxy) is 3. The third kappa shape index (κ3) is 3.93. The van der Waals surface area contributed by atoms with Crippen LogP contribution >= 0.6 is 0 Å². The maximum Gasteiger partial charge on any atom is 0.520 e. The van der Waals surface area contributed by atoms with Gasteiger partial charge in [0.25, 0.3) is 0 Å². The zero-order valence-electron chi connectivity index (χ0n) is 23.5. The molecule has 2 aliphatic rings. The highest BCUT2D eigenvalue weighted by Crippen LogP contribution is 2.55. The predicted octanol–water partition coefficient (Wildman–Crippen LogP) is 7.79. The zero-order chi connectivity index (χ0) is 25.6. The van der Waals surface area contributed by atoms with E-state index in [1.165, 1.54) is 11.1 Å². The minimum absolute atomic E-state index is 0.00694. The minimum atomic E-state index is -1.35. The molecule has 0 saturated heterocycles. The second-order valence-electron chi connectivity index (χ2n) is 14.1. The SMILES string of the molecule is CN1c2cc(C(C)(C)C)cc(C(C)(C)C)c2OC12Oc1cc(C(C)(C)C)cc(C(C)(C)C)c1O2. The smallest absolute Gasteiger partial charge is 0.400 e. The quantitative estimate of drug-likeness (QED) is 0.397. The summed E-state index contributed by atoms with van der Waals surface area (Å²) in [6.45, 7) is 26.7. The standard InChI is InChI=1S/C30H43NO3/c1-26(2,3)18-14-20(28(7,8)9)24-22(16-18)31(13)30(33-24)32-23-17-19(27(4,5)6)15-21(25(23)34-30)29(10,11)12/h14-17H,1-13H3. The Balaban J connectivity index is 1.87.